The summed E-state index contributed by atoms with van der Waals surface area (Å²) < 4.78 is 17.4. The molecule has 4 aliphatic rings. The van der Waals surface area contributed by atoms with Crippen LogP contribution in [0.5, 0.6) is 0 Å². The third kappa shape index (κ3) is 3.58. The third-order valence-corrected chi connectivity index (χ3v) is 6.31. The summed E-state index contributed by atoms with van der Waals surface area (Å²) in [5.41, 5.74) is -0.377. The highest BCUT2D eigenvalue weighted by atomic mass is 79.9. The van der Waals surface area contributed by atoms with Crippen LogP contribution in [-0.4, -0.2) is 34.8 Å². The topological polar surface area (TPSA) is 61.8 Å². The standard InChI is InChI=1S/C17H25BrO5/c1-3-13(18)16(20)22-14(4-2)23-17-7-10-5-11(8-17)15(19)21-12(6-10)9-17/h10-14H,3-9H2,1-2H3. The first kappa shape index (κ1) is 17.2. The number of carbonyl (C=O) groups is 2. The van der Waals surface area contributed by atoms with E-state index in [0.717, 1.165) is 25.7 Å². The van der Waals surface area contributed by atoms with Crippen LogP contribution in [0.4, 0.5) is 0 Å². The first-order chi connectivity index (χ1) is 10.9. The molecule has 2 saturated heterocycles. The van der Waals surface area contributed by atoms with E-state index in [0.29, 0.717) is 25.2 Å². The smallest absolute Gasteiger partial charge is 0.322 e. The number of esters is 2. The fourth-order valence-corrected chi connectivity index (χ4v) is 4.47. The average molecular weight is 389 g/mol. The van der Waals surface area contributed by atoms with Crippen molar-refractivity contribution in [2.75, 3.05) is 0 Å². The number of alkyl halides is 1. The Kier molecular flexibility index (Phi) is 5.02. The van der Waals surface area contributed by atoms with Crippen molar-refractivity contribution < 1.29 is 23.8 Å². The van der Waals surface area contributed by atoms with Gasteiger partial charge in [0.05, 0.1) is 11.5 Å². The van der Waals surface area contributed by atoms with Gasteiger partial charge in [0, 0.05) is 12.8 Å². The molecule has 4 rings (SSSR count). The number of ether oxygens (including phenoxy) is 3. The fourth-order valence-electron chi connectivity index (χ4n) is 4.36. The van der Waals surface area contributed by atoms with Gasteiger partial charge in [-0.1, -0.05) is 29.8 Å². The van der Waals surface area contributed by atoms with Crippen LogP contribution in [0.1, 0.15) is 58.8 Å². The van der Waals surface area contributed by atoms with Gasteiger partial charge in [0.25, 0.3) is 0 Å². The maximum atomic E-state index is 12.1. The number of rotatable bonds is 6. The van der Waals surface area contributed by atoms with Gasteiger partial charge in [-0.2, -0.15) is 0 Å². The Labute approximate surface area is 145 Å². The molecule has 2 aliphatic heterocycles. The molecule has 0 radical (unpaired) electrons. The average Bonchev–Trinajstić information content (AvgIpc) is 2.67. The van der Waals surface area contributed by atoms with Crippen LogP contribution in [0.25, 0.3) is 0 Å². The number of hydrogen-bond acceptors (Lipinski definition) is 5. The molecular formula is C17H25BrO5. The summed E-state index contributed by atoms with van der Waals surface area (Å²) in [6.45, 7) is 3.87. The van der Waals surface area contributed by atoms with Gasteiger partial charge < -0.3 is 14.2 Å². The third-order valence-electron chi connectivity index (χ3n) is 5.29. The molecule has 4 fully saturated rings. The highest BCUT2D eigenvalue weighted by Crippen LogP contribution is 2.51. The molecule has 0 N–H and O–H groups in total. The van der Waals surface area contributed by atoms with Crippen molar-refractivity contribution in [1.29, 1.82) is 0 Å². The molecule has 23 heavy (non-hydrogen) atoms. The Morgan fingerprint density at radius 1 is 1.30 bits per heavy atom. The monoisotopic (exact) mass is 388 g/mol. The van der Waals surface area contributed by atoms with Gasteiger partial charge in [0.2, 0.25) is 6.29 Å². The van der Waals surface area contributed by atoms with E-state index in [1.54, 1.807) is 0 Å². The van der Waals surface area contributed by atoms with Crippen molar-refractivity contribution in [3.63, 3.8) is 0 Å². The Balaban J connectivity index is 1.70. The number of halogens is 1. The van der Waals surface area contributed by atoms with Crippen LogP contribution in [0, 0.1) is 11.8 Å². The maximum absolute atomic E-state index is 12.1. The van der Waals surface area contributed by atoms with Crippen LogP contribution < -0.4 is 0 Å². The number of fused-ring (bicyclic) bond motifs is 1. The van der Waals surface area contributed by atoms with E-state index < -0.39 is 6.29 Å². The minimum absolute atomic E-state index is 0.0403. The predicted octanol–water partition coefficient (Wildman–Crippen LogP) is 3.33. The minimum Gasteiger partial charge on any atom is -0.462 e. The lowest BCUT2D eigenvalue weighted by atomic mass is 9.65. The molecule has 2 heterocycles. The van der Waals surface area contributed by atoms with Crippen molar-refractivity contribution >= 4 is 27.9 Å². The summed E-state index contributed by atoms with van der Waals surface area (Å²) >= 11 is 3.32. The van der Waals surface area contributed by atoms with E-state index >= 15 is 0 Å². The van der Waals surface area contributed by atoms with Crippen LogP contribution in [0.2, 0.25) is 0 Å². The van der Waals surface area contributed by atoms with E-state index in [-0.39, 0.29) is 34.4 Å². The van der Waals surface area contributed by atoms with Crippen LogP contribution in [0.3, 0.4) is 0 Å². The van der Waals surface area contributed by atoms with E-state index in [1.165, 1.54) is 0 Å². The van der Waals surface area contributed by atoms with Crippen molar-refractivity contribution in [3.8, 4) is 0 Å². The second-order valence-electron chi connectivity index (χ2n) is 7.16. The quantitative estimate of drug-likeness (QED) is 0.396. The van der Waals surface area contributed by atoms with Crippen molar-refractivity contribution in [1.82, 2.24) is 0 Å². The molecule has 0 aromatic rings. The van der Waals surface area contributed by atoms with E-state index in [1.807, 2.05) is 13.8 Å². The Morgan fingerprint density at radius 2 is 2.09 bits per heavy atom. The molecule has 6 atom stereocenters. The lowest BCUT2D eigenvalue weighted by Gasteiger charge is -2.47. The van der Waals surface area contributed by atoms with E-state index in [2.05, 4.69) is 15.9 Å². The van der Waals surface area contributed by atoms with Crippen LogP contribution in [0.15, 0.2) is 0 Å². The van der Waals surface area contributed by atoms with Gasteiger partial charge >= 0.3 is 11.9 Å². The summed E-state index contributed by atoms with van der Waals surface area (Å²) in [4.78, 5) is 23.8. The molecule has 0 aromatic heterocycles. The number of carbonyl (C=O) groups excluding carboxylic acids is 2. The molecule has 130 valence electrons. The molecule has 4 bridgehead atoms. The molecule has 6 unspecified atom stereocenters. The summed E-state index contributed by atoms with van der Waals surface area (Å²) in [7, 11) is 0. The van der Waals surface area contributed by atoms with Crippen molar-refractivity contribution in [2.45, 2.75) is 81.6 Å². The number of hydrogen-bond donors (Lipinski definition) is 0. The van der Waals surface area contributed by atoms with Crippen molar-refractivity contribution in [3.05, 3.63) is 0 Å². The summed E-state index contributed by atoms with van der Waals surface area (Å²) in [6, 6.07) is 0. The second-order valence-corrected chi connectivity index (χ2v) is 8.26. The van der Waals surface area contributed by atoms with E-state index in [9.17, 15) is 9.59 Å². The molecule has 6 heteroatoms. The zero-order valence-electron chi connectivity index (χ0n) is 13.8. The molecule has 0 amide bonds. The lowest BCUT2D eigenvalue weighted by molar-refractivity contribution is -0.236. The minimum atomic E-state index is -0.555. The van der Waals surface area contributed by atoms with Gasteiger partial charge in [-0.25, -0.2) is 0 Å². The zero-order valence-corrected chi connectivity index (χ0v) is 15.3. The molecular weight excluding hydrogens is 364 g/mol. The molecule has 0 spiro atoms. The highest BCUT2D eigenvalue weighted by Gasteiger charge is 2.54. The van der Waals surface area contributed by atoms with Gasteiger partial charge in [-0.15, -0.1) is 0 Å². The molecule has 0 aromatic carbocycles. The Hall–Kier alpha value is -0.620. The molecule has 5 nitrogen and oxygen atoms in total. The molecule has 2 aliphatic carbocycles. The maximum Gasteiger partial charge on any atom is 0.322 e. The summed E-state index contributed by atoms with van der Waals surface area (Å²) in [5, 5.41) is 0. The zero-order chi connectivity index (χ0) is 16.6. The predicted molar refractivity (Wildman–Crippen MR) is 86.9 cm³/mol. The van der Waals surface area contributed by atoms with Crippen LogP contribution in [-0.2, 0) is 23.8 Å². The van der Waals surface area contributed by atoms with Gasteiger partial charge in [-0.05, 0) is 38.0 Å². The van der Waals surface area contributed by atoms with E-state index in [4.69, 9.17) is 14.2 Å². The van der Waals surface area contributed by atoms with Gasteiger partial charge in [0.1, 0.15) is 10.9 Å². The SMILES string of the molecule is CCC(OC(=O)C(Br)CC)OC12CC3CC(C1)OC(=O)C(C3)C2. The highest BCUT2D eigenvalue weighted by molar-refractivity contribution is 9.10. The van der Waals surface area contributed by atoms with Gasteiger partial charge in [-0.3, -0.25) is 9.59 Å². The second kappa shape index (κ2) is 6.71. The molecule has 2 saturated carbocycles. The fraction of sp³-hybridized carbons (Fsp3) is 0.882. The Bertz CT molecular complexity index is 482. The van der Waals surface area contributed by atoms with Gasteiger partial charge in [0.15, 0.2) is 0 Å². The summed E-state index contributed by atoms with van der Waals surface area (Å²) in [6.07, 6.45) is 4.90. The lowest BCUT2D eigenvalue weighted by Crippen LogP contribution is -2.49. The summed E-state index contributed by atoms with van der Waals surface area (Å²) in [5.74, 6) is 0.0641. The van der Waals surface area contributed by atoms with Crippen LogP contribution >= 0.6 is 15.9 Å². The first-order valence-corrected chi connectivity index (χ1v) is 9.59. The first-order valence-electron chi connectivity index (χ1n) is 8.67. The normalized spacial score (nSPS) is 37.9. The Morgan fingerprint density at radius 3 is 2.78 bits per heavy atom. The van der Waals surface area contributed by atoms with Crippen molar-refractivity contribution in [2.24, 2.45) is 11.8 Å². The largest absolute Gasteiger partial charge is 0.462 e.